The van der Waals surface area contributed by atoms with Gasteiger partial charge in [-0.25, -0.2) is 0 Å². The van der Waals surface area contributed by atoms with Gasteiger partial charge in [-0.15, -0.1) is 0 Å². The van der Waals surface area contributed by atoms with Gasteiger partial charge in [0.25, 0.3) is 0 Å². The number of carbonyl (C=O) groups excluding carboxylic acids is 1. The molecular weight excluding hydrogens is 248 g/mol. The maximum absolute atomic E-state index is 12.4. The molecule has 0 spiro atoms. The molecule has 0 saturated heterocycles. The maximum atomic E-state index is 12.4. The first kappa shape index (κ1) is 14.3. The number of benzene rings is 1. The van der Waals surface area contributed by atoms with Crippen molar-refractivity contribution in [3.8, 4) is 0 Å². The topological polar surface area (TPSA) is 42.0 Å². The fourth-order valence-electron chi connectivity index (χ4n) is 2.00. The van der Waals surface area contributed by atoms with Crippen LogP contribution in [0.25, 0.3) is 0 Å². The van der Waals surface area contributed by atoms with Gasteiger partial charge in [-0.2, -0.15) is 0 Å². The van der Waals surface area contributed by atoms with Gasteiger partial charge in [0.1, 0.15) is 0 Å². The van der Waals surface area contributed by atoms with Gasteiger partial charge in [0.2, 0.25) is 5.91 Å². The molecule has 2 aromatic rings. The number of rotatable bonds is 4. The molecule has 1 aromatic heterocycles. The number of aromatic nitrogens is 1. The Balaban J connectivity index is 2.05. The Hall–Kier alpha value is -2.16. The average Bonchev–Trinajstić information content (AvgIpc) is 2.46. The van der Waals surface area contributed by atoms with Crippen LogP contribution in [0.4, 0.5) is 0 Å². The van der Waals surface area contributed by atoms with E-state index in [0.29, 0.717) is 6.54 Å². The molecule has 1 N–H and O–H groups in total. The summed E-state index contributed by atoms with van der Waals surface area (Å²) in [5.41, 5.74) is 2.52. The van der Waals surface area contributed by atoms with E-state index in [1.807, 2.05) is 63.2 Å². The Morgan fingerprint density at radius 3 is 2.45 bits per heavy atom. The molecule has 0 aliphatic carbocycles. The molecule has 2 rings (SSSR count). The molecule has 0 aliphatic heterocycles. The van der Waals surface area contributed by atoms with Crippen LogP contribution in [-0.2, 0) is 16.8 Å². The summed E-state index contributed by atoms with van der Waals surface area (Å²) in [6.07, 6.45) is 1.73. The minimum absolute atomic E-state index is 0.00649. The number of carbonyl (C=O) groups is 1. The first-order valence-corrected chi connectivity index (χ1v) is 6.75. The van der Waals surface area contributed by atoms with Crippen molar-refractivity contribution in [1.82, 2.24) is 10.3 Å². The van der Waals surface area contributed by atoms with Crippen LogP contribution in [0.5, 0.6) is 0 Å². The number of hydrogen-bond donors (Lipinski definition) is 1. The van der Waals surface area contributed by atoms with Crippen LogP contribution in [0.2, 0.25) is 0 Å². The van der Waals surface area contributed by atoms with E-state index in [2.05, 4.69) is 10.3 Å². The van der Waals surface area contributed by atoms with Crippen molar-refractivity contribution in [1.29, 1.82) is 0 Å². The second-order valence-corrected chi connectivity index (χ2v) is 5.49. The SMILES string of the molecule is Cc1ccc(C(C)(C)C(=O)NCc2ccccn2)cc1. The molecule has 3 nitrogen and oxygen atoms in total. The van der Waals surface area contributed by atoms with Gasteiger partial charge in [0.05, 0.1) is 17.7 Å². The molecule has 0 radical (unpaired) electrons. The third kappa shape index (κ3) is 3.23. The van der Waals surface area contributed by atoms with Crippen LogP contribution in [-0.4, -0.2) is 10.9 Å². The summed E-state index contributed by atoms with van der Waals surface area (Å²) in [6.45, 7) is 6.36. The van der Waals surface area contributed by atoms with Gasteiger partial charge in [0, 0.05) is 6.20 Å². The van der Waals surface area contributed by atoms with Crippen LogP contribution in [0, 0.1) is 6.92 Å². The minimum atomic E-state index is -0.553. The zero-order chi connectivity index (χ0) is 14.6. The van der Waals surface area contributed by atoms with E-state index in [4.69, 9.17) is 0 Å². The van der Waals surface area contributed by atoms with E-state index < -0.39 is 5.41 Å². The highest BCUT2D eigenvalue weighted by molar-refractivity contribution is 5.87. The first-order valence-electron chi connectivity index (χ1n) is 6.75. The zero-order valence-electron chi connectivity index (χ0n) is 12.2. The number of hydrogen-bond acceptors (Lipinski definition) is 2. The molecule has 0 bridgehead atoms. The van der Waals surface area contributed by atoms with Gasteiger partial charge < -0.3 is 5.32 Å². The zero-order valence-corrected chi connectivity index (χ0v) is 12.2. The molecule has 0 atom stereocenters. The Labute approximate surface area is 120 Å². The van der Waals surface area contributed by atoms with E-state index in [0.717, 1.165) is 11.3 Å². The van der Waals surface area contributed by atoms with E-state index in [-0.39, 0.29) is 5.91 Å². The van der Waals surface area contributed by atoms with Crippen molar-refractivity contribution in [3.05, 3.63) is 65.5 Å². The largest absolute Gasteiger partial charge is 0.350 e. The lowest BCUT2D eigenvalue weighted by atomic mass is 9.83. The van der Waals surface area contributed by atoms with E-state index in [1.54, 1.807) is 6.20 Å². The number of aryl methyl sites for hydroxylation is 1. The Morgan fingerprint density at radius 1 is 1.15 bits per heavy atom. The van der Waals surface area contributed by atoms with Crippen molar-refractivity contribution >= 4 is 5.91 Å². The third-order valence-electron chi connectivity index (χ3n) is 3.50. The summed E-state index contributed by atoms with van der Waals surface area (Å²) in [7, 11) is 0. The number of pyridine rings is 1. The highest BCUT2D eigenvalue weighted by Gasteiger charge is 2.29. The Kier molecular flexibility index (Phi) is 4.18. The van der Waals surface area contributed by atoms with Crippen molar-refractivity contribution in [3.63, 3.8) is 0 Å². The van der Waals surface area contributed by atoms with Crippen LogP contribution >= 0.6 is 0 Å². The second-order valence-electron chi connectivity index (χ2n) is 5.49. The fourth-order valence-corrected chi connectivity index (χ4v) is 2.00. The molecule has 1 aromatic carbocycles. The summed E-state index contributed by atoms with van der Waals surface area (Å²) in [6, 6.07) is 13.8. The highest BCUT2D eigenvalue weighted by atomic mass is 16.2. The number of nitrogens with zero attached hydrogens (tertiary/aromatic N) is 1. The van der Waals surface area contributed by atoms with Gasteiger partial charge >= 0.3 is 0 Å². The molecule has 0 saturated carbocycles. The molecular formula is C17H20N2O. The predicted octanol–water partition coefficient (Wildman–Crippen LogP) is 2.98. The number of nitrogens with one attached hydrogen (secondary N) is 1. The molecule has 3 heteroatoms. The summed E-state index contributed by atoms with van der Waals surface area (Å²) >= 11 is 0. The monoisotopic (exact) mass is 268 g/mol. The van der Waals surface area contributed by atoms with Crippen LogP contribution in [0.15, 0.2) is 48.7 Å². The van der Waals surface area contributed by atoms with Crippen molar-refractivity contribution in [2.45, 2.75) is 32.7 Å². The lowest BCUT2D eigenvalue weighted by Gasteiger charge is -2.24. The van der Waals surface area contributed by atoms with Gasteiger partial charge in [0.15, 0.2) is 0 Å². The molecule has 1 amide bonds. The van der Waals surface area contributed by atoms with Gasteiger partial charge in [-0.3, -0.25) is 9.78 Å². The van der Waals surface area contributed by atoms with Gasteiger partial charge in [-0.05, 0) is 38.5 Å². The van der Waals surface area contributed by atoms with E-state index in [9.17, 15) is 4.79 Å². The van der Waals surface area contributed by atoms with Crippen LogP contribution < -0.4 is 5.32 Å². The van der Waals surface area contributed by atoms with Crippen molar-refractivity contribution < 1.29 is 4.79 Å². The summed E-state index contributed by atoms with van der Waals surface area (Å²) in [5, 5.41) is 2.95. The maximum Gasteiger partial charge on any atom is 0.230 e. The Bertz CT molecular complexity index is 574. The standard InChI is InChI=1S/C17H20N2O/c1-13-7-9-14(10-8-13)17(2,3)16(20)19-12-15-6-4-5-11-18-15/h4-11H,12H2,1-3H3,(H,19,20). The van der Waals surface area contributed by atoms with Crippen LogP contribution in [0.3, 0.4) is 0 Å². The summed E-state index contributed by atoms with van der Waals surface area (Å²) in [4.78, 5) is 16.6. The first-order chi connectivity index (χ1) is 9.50. The molecule has 0 unspecified atom stereocenters. The molecule has 0 fully saturated rings. The van der Waals surface area contributed by atoms with Gasteiger partial charge in [-0.1, -0.05) is 35.9 Å². The Morgan fingerprint density at radius 2 is 1.85 bits per heavy atom. The van der Waals surface area contributed by atoms with E-state index >= 15 is 0 Å². The highest BCUT2D eigenvalue weighted by Crippen LogP contribution is 2.23. The van der Waals surface area contributed by atoms with Crippen molar-refractivity contribution in [2.24, 2.45) is 0 Å². The number of amides is 1. The average molecular weight is 268 g/mol. The normalized spacial score (nSPS) is 11.2. The van der Waals surface area contributed by atoms with E-state index in [1.165, 1.54) is 5.56 Å². The smallest absolute Gasteiger partial charge is 0.230 e. The molecule has 20 heavy (non-hydrogen) atoms. The second kappa shape index (κ2) is 5.87. The van der Waals surface area contributed by atoms with Crippen LogP contribution in [0.1, 0.15) is 30.7 Å². The summed E-state index contributed by atoms with van der Waals surface area (Å²) in [5.74, 6) is 0.00649. The lowest BCUT2D eigenvalue weighted by Crippen LogP contribution is -2.39. The van der Waals surface area contributed by atoms with Crippen molar-refractivity contribution in [2.75, 3.05) is 0 Å². The molecule has 0 aliphatic rings. The minimum Gasteiger partial charge on any atom is -0.350 e. The quantitative estimate of drug-likeness (QED) is 0.926. The predicted molar refractivity (Wildman–Crippen MR) is 80.3 cm³/mol. The lowest BCUT2D eigenvalue weighted by molar-refractivity contribution is -0.125. The molecule has 104 valence electrons. The fraction of sp³-hybridized carbons (Fsp3) is 0.294. The third-order valence-corrected chi connectivity index (χ3v) is 3.50. The summed E-state index contributed by atoms with van der Waals surface area (Å²) < 4.78 is 0. The molecule has 1 heterocycles.